The molecule has 1 N–H and O–H groups in total. The van der Waals surface area contributed by atoms with Crippen LogP contribution in [-0.2, 0) is 9.53 Å². The molecule has 1 amide bonds. The van der Waals surface area contributed by atoms with E-state index >= 15 is 0 Å². The van der Waals surface area contributed by atoms with Crippen molar-refractivity contribution >= 4 is 29.2 Å². The van der Waals surface area contributed by atoms with Crippen LogP contribution in [-0.4, -0.2) is 23.0 Å². The largest absolute Gasteiger partial charge is 0.465 e. The van der Waals surface area contributed by atoms with Gasteiger partial charge in [-0.2, -0.15) is 0 Å². The number of hydrogen-bond acceptors (Lipinski definition) is 5. The third-order valence-corrected chi connectivity index (χ3v) is 3.74. The van der Waals surface area contributed by atoms with Gasteiger partial charge in [0.1, 0.15) is 17.1 Å². The highest BCUT2D eigenvalue weighted by molar-refractivity contribution is 6.32. The van der Waals surface area contributed by atoms with Crippen molar-refractivity contribution in [3.63, 3.8) is 0 Å². The van der Waals surface area contributed by atoms with Gasteiger partial charge < -0.3 is 14.5 Å². The number of hydrogen-bond donors (Lipinski definition) is 1. The van der Waals surface area contributed by atoms with E-state index in [0.29, 0.717) is 28.3 Å². The zero-order valence-electron chi connectivity index (χ0n) is 13.3. The van der Waals surface area contributed by atoms with Crippen molar-refractivity contribution in [2.75, 3.05) is 5.32 Å². The van der Waals surface area contributed by atoms with Crippen LogP contribution in [0.5, 0.6) is 0 Å². The number of ether oxygens (including phenoxy) is 1. The summed E-state index contributed by atoms with van der Waals surface area (Å²) in [5.74, 6) is 0.0159. The second kappa shape index (κ2) is 6.83. The molecule has 7 heteroatoms. The van der Waals surface area contributed by atoms with Crippen LogP contribution in [0.15, 0.2) is 22.7 Å². The Bertz CT molecular complexity index is 755. The number of amides is 1. The number of aryl methyl sites for hydroxylation is 2. The van der Waals surface area contributed by atoms with E-state index in [1.807, 2.05) is 0 Å². The van der Waals surface area contributed by atoms with Gasteiger partial charge in [-0.05, 0) is 39.8 Å². The van der Waals surface area contributed by atoms with Crippen molar-refractivity contribution in [1.29, 1.82) is 0 Å². The lowest BCUT2D eigenvalue weighted by Crippen LogP contribution is -2.30. The summed E-state index contributed by atoms with van der Waals surface area (Å²) >= 11 is 5.87. The molecule has 122 valence electrons. The molecule has 0 aromatic carbocycles. The normalized spacial score (nSPS) is 11.9. The summed E-state index contributed by atoms with van der Waals surface area (Å²) in [6.07, 6.45) is 0.515. The summed E-state index contributed by atoms with van der Waals surface area (Å²) in [5, 5.41) is 2.73. The number of esters is 1. The van der Waals surface area contributed by atoms with Gasteiger partial charge in [-0.25, -0.2) is 9.78 Å². The van der Waals surface area contributed by atoms with Crippen molar-refractivity contribution in [2.45, 2.75) is 33.8 Å². The van der Waals surface area contributed by atoms with E-state index in [2.05, 4.69) is 10.3 Å². The summed E-state index contributed by atoms with van der Waals surface area (Å²) in [6, 6.07) is 3.24. The Morgan fingerprint density at radius 2 is 2.00 bits per heavy atom. The molecule has 6 nitrogen and oxygen atoms in total. The number of carbonyl (C=O) groups excluding carboxylic acids is 2. The highest BCUT2D eigenvalue weighted by Crippen LogP contribution is 2.22. The minimum Gasteiger partial charge on any atom is -0.465 e. The number of nitrogens with zero attached hydrogens (tertiary/aromatic N) is 1. The lowest BCUT2D eigenvalue weighted by atomic mass is 10.1. The van der Waals surface area contributed by atoms with E-state index < -0.39 is 18.0 Å². The third-order valence-electron chi connectivity index (χ3n) is 3.44. The molecule has 2 aromatic rings. The van der Waals surface area contributed by atoms with Crippen LogP contribution in [0, 0.1) is 20.8 Å². The number of pyridine rings is 1. The number of nitrogens with one attached hydrogen (secondary N) is 1. The van der Waals surface area contributed by atoms with Crippen molar-refractivity contribution in [3.05, 3.63) is 46.1 Å². The summed E-state index contributed by atoms with van der Waals surface area (Å²) in [4.78, 5) is 28.2. The lowest BCUT2D eigenvalue weighted by molar-refractivity contribution is -0.123. The second-order valence-electron chi connectivity index (χ2n) is 5.09. The Hall–Kier alpha value is -2.34. The SMILES string of the molecule is Cc1oc(C)c(C(=O)O[C@@H](C)C(=O)Nc2cccnc2Cl)c1C. The standard InChI is InChI=1S/C16H17ClN2O4/c1-8-9(2)22-10(3)13(8)16(21)23-11(4)15(20)19-12-6-5-7-18-14(12)17/h5-7,11H,1-4H3,(H,19,20)/t11-/m0/s1. The molecule has 2 rings (SSSR count). The number of carbonyl (C=O) groups is 2. The summed E-state index contributed by atoms with van der Waals surface area (Å²) < 4.78 is 10.6. The van der Waals surface area contributed by atoms with Crippen LogP contribution < -0.4 is 5.32 Å². The smallest absolute Gasteiger partial charge is 0.342 e. The number of rotatable bonds is 4. The fourth-order valence-corrected chi connectivity index (χ4v) is 2.25. The maximum atomic E-state index is 12.2. The molecule has 0 radical (unpaired) electrons. The minimum absolute atomic E-state index is 0.163. The molecule has 0 aliphatic carbocycles. The molecular weight excluding hydrogens is 320 g/mol. The summed E-state index contributed by atoms with van der Waals surface area (Å²) in [7, 11) is 0. The molecule has 0 saturated heterocycles. The molecule has 0 saturated carbocycles. The van der Waals surface area contributed by atoms with Gasteiger partial charge in [-0.3, -0.25) is 4.79 Å². The van der Waals surface area contributed by atoms with E-state index in [-0.39, 0.29) is 5.15 Å². The third kappa shape index (κ3) is 3.71. The monoisotopic (exact) mass is 336 g/mol. The number of halogens is 1. The number of aromatic nitrogens is 1. The lowest BCUT2D eigenvalue weighted by Gasteiger charge is -2.14. The first kappa shape index (κ1) is 17.0. The van der Waals surface area contributed by atoms with Crippen LogP contribution >= 0.6 is 11.6 Å². The highest BCUT2D eigenvalue weighted by atomic mass is 35.5. The molecular formula is C16H17ClN2O4. The number of anilines is 1. The quantitative estimate of drug-likeness (QED) is 0.683. The Labute approximate surface area is 138 Å². The average Bonchev–Trinajstić information content (AvgIpc) is 2.74. The Kier molecular flexibility index (Phi) is 5.05. The van der Waals surface area contributed by atoms with E-state index in [4.69, 9.17) is 20.8 Å². The van der Waals surface area contributed by atoms with Crippen molar-refractivity contribution in [1.82, 2.24) is 4.98 Å². The average molecular weight is 337 g/mol. The van der Waals surface area contributed by atoms with Gasteiger partial charge in [0, 0.05) is 11.8 Å². The van der Waals surface area contributed by atoms with Crippen LogP contribution in [0.25, 0.3) is 0 Å². The topological polar surface area (TPSA) is 81.4 Å². The molecule has 0 aliphatic heterocycles. The first-order valence-corrected chi connectivity index (χ1v) is 7.38. The van der Waals surface area contributed by atoms with E-state index in [9.17, 15) is 9.59 Å². The predicted octanol–water partition coefficient (Wildman–Crippen LogP) is 3.44. The Balaban J connectivity index is 2.06. The molecule has 0 bridgehead atoms. The van der Waals surface area contributed by atoms with Gasteiger partial charge >= 0.3 is 5.97 Å². The van der Waals surface area contributed by atoms with Gasteiger partial charge in [-0.15, -0.1) is 0 Å². The van der Waals surface area contributed by atoms with Crippen LogP contribution in [0.2, 0.25) is 5.15 Å². The van der Waals surface area contributed by atoms with Gasteiger partial charge in [0.2, 0.25) is 0 Å². The zero-order chi connectivity index (χ0) is 17.1. The summed E-state index contributed by atoms with van der Waals surface area (Å²) in [6.45, 7) is 6.69. The minimum atomic E-state index is -0.993. The molecule has 1 atom stereocenters. The Morgan fingerprint density at radius 1 is 1.30 bits per heavy atom. The van der Waals surface area contributed by atoms with Crippen molar-refractivity contribution < 1.29 is 18.7 Å². The van der Waals surface area contributed by atoms with Crippen molar-refractivity contribution in [3.8, 4) is 0 Å². The molecule has 0 fully saturated rings. The number of furan rings is 1. The van der Waals surface area contributed by atoms with Crippen LogP contribution in [0.4, 0.5) is 5.69 Å². The molecule has 2 aromatic heterocycles. The Morgan fingerprint density at radius 3 is 2.57 bits per heavy atom. The first-order chi connectivity index (χ1) is 10.8. The molecule has 0 unspecified atom stereocenters. The molecule has 0 spiro atoms. The van der Waals surface area contributed by atoms with Crippen LogP contribution in [0.3, 0.4) is 0 Å². The highest BCUT2D eigenvalue weighted by Gasteiger charge is 2.25. The van der Waals surface area contributed by atoms with E-state index in [0.717, 1.165) is 0 Å². The predicted molar refractivity (Wildman–Crippen MR) is 85.7 cm³/mol. The summed E-state index contributed by atoms with van der Waals surface area (Å²) in [5.41, 5.74) is 1.41. The van der Waals surface area contributed by atoms with Crippen molar-refractivity contribution in [2.24, 2.45) is 0 Å². The maximum Gasteiger partial charge on any atom is 0.342 e. The van der Waals surface area contributed by atoms with Gasteiger partial charge in [0.05, 0.1) is 5.69 Å². The molecule has 23 heavy (non-hydrogen) atoms. The molecule has 0 aliphatic rings. The molecule has 2 heterocycles. The maximum absolute atomic E-state index is 12.2. The zero-order valence-corrected chi connectivity index (χ0v) is 14.0. The van der Waals surface area contributed by atoms with E-state index in [1.165, 1.54) is 13.1 Å². The van der Waals surface area contributed by atoms with Crippen LogP contribution in [0.1, 0.15) is 34.4 Å². The van der Waals surface area contributed by atoms with E-state index in [1.54, 1.807) is 32.9 Å². The van der Waals surface area contributed by atoms with Gasteiger partial charge in [0.25, 0.3) is 5.91 Å². The van der Waals surface area contributed by atoms with Gasteiger partial charge in [-0.1, -0.05) is 11.6 Å². The second-order valence-corrected chi connectivity index (χ2v) is 5.45. The van der Waals surface area contributed by atoms with Gasteiger partial charge in [0.15, 0.2) is 11.3 Å². The first-order valence-electron chi connectivity index (χ1n) is 7.00. The fourth-order valence-electron chi connectivity index (χ4n) is 2.08. The fraction of sp³-hybridized carbons (Fsp3) is 0.312.